The molecule has 0 unspecified atom stereocenters. The van der Waals surface area contributed by atoms with Crippen molar-refractivity contribution in [1.29, 1.82) is 0 Å². The summed E-state index contributed by atoms with van der Waals surface area (Å²) in [6.45, 7) is 15.0. The third kappa shape index (κ3) is 23.8. The van der Waals surface area contributed by atoms with Crippen LogP contribution in [-0.4, -0.2) is 164 Å². The third-order valence-corrected chi connectivity index (χ3v) is 13.9. The Kier molecular flexibility index (Phi) is 28.8. The molecule has 0 aliphatic heterocycles. The van der Waals surface area contributed by atoms with E-state index in [1.807, 2.05) is 49.6 Å². The number of carbonyl (C=O) groups excluding carboxylic acids is 4. The fourth-order valence-corrected chi connectivity index (χ4v) is 8.70. The lowest BCUT2D eigenvalue weighted by atomic mass is 9.94. The number of carbonyl (C=O) groups is 4. The number of ether oxygens (including phenoxy) is 5. The van der Waals surface area contributed by atoms with Crippen molar-refractivity contribution in [2.45, 2.75) is 114 Å². The lowest BCUT2D eigenvalue weighted by molar-refractivity contribution is -0.139. The average Bonchev–Trinajstić information content (AvgIpc) is 3.88. The largest absolute Gasteiger partial charge is 0.457 e. The molecule has 9 N–H and O–H groups in total. The minimum Gasteiger partial charge on any atom is -0.457 e. The average molecular weight is 1050 g/mol. The van der Waals surface area contributed by atoms with E-state index in [0.29, 0.717) is 88.2 Å². The lowest BCUT2D eigenvalue weighted by Crippen LogP contribution is -2.54. The smallest absolute Gasteiger partial charge is 0.264 e. The fourth-order valence-electron chi connectivity index (χ4n) is 7.56. The van der Waals surface area contributed by atoms with Crippen molar-refractivity contribution in [3.05, 3.63) is 54.3 Å². The maximum absolute atomic E-state index is 13.3. The van der Waals surface area contributed by atoms with Crippen LogP contribution in [0.4, 0.5) is 4.39 Å². The number of benzene rings is 2. The SMILES string of the molecule is C/C(=N/O)C(C)(C)NCCC(CCNC(=O)COCC(=O)NCCOCCOCCOCCNC(=O)CCN(Sc1ccc(Oc2ccc(F)cc2)cc1)C1(C(=O)NO)CCCC1)CCNC(C)(C)/C(C)=N\O. The number of amides is 4. The summed E-state index contributed by atoms with van der Waals surface area (Å²) in [4.78, 5) is 51.4. The number of halogens is 1. The summed E-state index contributed by atoms with van der Waals surface area (Å²) >= 11 is 1.33. The standard InChI is InChI=1S/C50H80FN9O12S/c1-37(57-65)48(3,4)55-24-18-39(19-25-56-49(5,6)38(2)58-66)17-23-52-45(62)35-71-36-46(63)54-27-30-69-32-34-70-33-31-68-29-26-53-44(61)20-28-60(50(47(64)59-67)21-7-8-22-50)73-43-15-13-42(14-16-43)72-41-11-9-40(51)10-12-41/h9-16,39,55-56,65-67H,7-8,17-36H2,1-6H3,(H,52,62)(H,53,61)(H,54,63)(H,59,64)/b57-37-,58-38-. The number of rotatable bonds is 38. The molecule has 1 fully saturated rings. The van der Waals surface area contributed by atoms with Gasteiger partial charge in [-0.25, -0.2) is 14.2 Å². The van der Waals surface area contributed by atoms with Gasteiger partial charge in [0, 0.05) is 37.5 Å². The normalized spacial score (nSPS) is 14.5. The summed E-state index contributed by atoms with van der Waals surface area (Å²) in [5.41, 5.74) is 1.02. The molecule has 0 atom stereocenters. The Hall–Kier alpha value is -4.98. The summed E-state index contributed by atoms with van der Waals surface area (Å²) in [6.07, 6.45) is 5.08. The van der Waals surface area contributed by atoms with Gasteiger partial charge in [0.25, 0.3) is 5.91 Å². The van der Waals surface area contributed by atoms with Crippen LogP contribution >= 0.6 is 11.9 Å². The van der Waals surface area contributed by atoms with Crippen LogP contribution in [-0.2, 0) is 38.1 Å². The molecular weight excluding hydrogens is 970 g/mol. The summed E-state index contributed by atoms with van der Waals surface area (Å²) in [7, 11) is 0. The molecule has 0 bridgehead atoms. The van der Waals surface area contributed by atoms with E-state index in [9.17, 15) is 39.2 Å². The fraction of sp³-hybridized carbons (Fsp3) is 0.640. The topological polar surface area (TPSA) is 275 Å². The van der Waals surface area contributed by atoms with Gasteiger partial charge in [0.1, 0.15) is 36.1 Å². The minimum atomic E-state index is -0.995. The molecule has 2 aromatic rings. The third-order valence-electron chi connectivity index (χ3n) is 12.6. The van der Waals surface area contributed by atoms with E-state index in [2.05, 4.69) is 36.9 Å². The highest BCUT2D eigenvalue weighted by Crippen LogP contribution is 2.42. The second-order valence-electron chi connectivity index (χ2n) is 18.7. The Morgan fingerprint density at radius 2 is 1.12 bits per heavy atom. The quantitative estimate of drug-likeness (QED) is 0.0109. The Morgan fingerprint density at radius 1 is 0.671 bits per heavy atom. The Labute approximate surface area is 433 Å². The second-order valence-corrected chi connectivity index (χ2v) is 19.8. The highest BCUT2D eigenvalue weighted by molar-refractivity contribution is 7.97. The van der Waals surface area contributed by atoms with Crippen molar-refractivity contribution >= 4 is 47.0 Å². The number of oxime groups is 2. The number of hydroxylamine groups is 1. The molecule has 1 saturated carbocycles. The van der Waals surface area contributed by atoms with Crippen LogP contribution < -0.4 is 36.8 Å². The summed E-state index contributed by atoms with van der Waals surface area (Å²) in [5, 5.41) is 50.0. The molecule has 3 rings (SSSR count). The van der Waals surface area contributed by atoms with Crippen LogP contribution in [0.25, 0.3) is 0 Å². The highest BCUT2D eigenvalue weighted by Gasteiger charge is 2.47. The van der Waals surface area contributed by atoms with Crippen LogP contribution in [0.1, 0.15) is 92.9 Å². The second kappa shape index (κ2) is 33.8. The van der Waals surface area contributed by atoms with Gasteiger partial charge in [0.05, 0.1) is 62.1 Å². The Morgan fingerprint density at radius 3 is 1.62 bits per heavy atom. The molecular formula is C50H80FN9O12S. The highest BCUT2D eigenvalue weighted by atomic mass is 32.2. The molecule has 0 aromatic heterocycles. The van der Waals surface area contributed by atoms with Crippen LogP contribution in [0, 0.1) is 11.7 Å². The molecule has 0 spiro atoms. The summed E-state index contributed by atoms with van der Waals surface area (Å²) in [5.74, 6) is -0.523. The molecule has 2 aromatic carbocycles. The van der Waals surface area contributed by atoms with Gasteiger partial charge >= 0.3 is 0 Å². The van der Waals surface area contributed by atoms with Crippen molar-refractivity contribution in [2.75, 3.05) is 92.1 Å². The van der Waals surface area contributed by atoms with Crippen LogP contribution in [0.3, 0.4) is 0 Å². The summed E-state index contributed by atoms with van der Waals surface area (Å²) < 4.78 is 42.9. The van der Waals surface area contributed by atoms with Crippen molar-refractivity contribution in [2.24, 2.45) is 16.2 Å². The van der Waals surface area contributed by atoms with Gasteiger partial charge in [-0.3, -0.25) is 24.4 Å². The predicted octanol–water partition coefficient (Wildman–Crippen LogP) is 4.77. The van der Waals surface area contributed by atoms with Crippen LogP contribution in [0.5, 0.6) is 11.5 Å². The van der Waals surface area contributed by atoms with Crippen molar-refractivity contribution < 1.29 is 62.9 Å². The first kappa shape index (κ1) is 62.3. The van der Waals surface area contributed by atoms with Gasteiger partial charge in [-0.2, -0.15) is 0 Å². The first-order valence-corrected chi connectivity index (χ1v) is 25.6. The first-order valence-electron chi connectivity index (χ1n) is 24.9. The number of nitrogens with zero attached hydrogens (tertiary/aromatic N) is 3. The molecule has 0 heterocycles. The Bertz CT molecular complexity index is 1970. The predicted molar refractivity (Wildman–Crippen MR) is 275 cm³/mol. The van der Waals surface area contributed by atoms with Gasteiger partial charge in [-0.15, -0.1) is 0 Å². The van der Waals surface area contributed by atoms with E-state index in [-0.39, 0.29) is 81.9 Å². The molecule has 1 aliphatic rings. The molecule has 4 amide bonds. The molecule has 1 aliphatic carbocycles. The minimum absolute atomic E-state index is 0.105. The number of nitrogens with one attached hydrogen (secondary N) is 6. The maximum atomic E-state index is 13.3. The monoisotopic (exact) mass is 1050 g/mol. The van der Waals surface area contributed by atoms with Gasteiger partial charge in [0.2, 0.25) is 17.7 Å². The van der Waals surface area contributed by atoms with Gasteiger partial charge < -0.3 is 60.7 Å². The van der Waals surface area contributed by atoms with Crippen molar-refractivity contribution in [3.63, 3.8) is 0 Å². The van der Waals surface area contributed by atoms with E-state index in [1.54, 1.807) is 26.0 Å². The number of hydrogen-bond acceptors (Lipinski definition) is 18. The van der Waals surface area contributed by atoms with Gasteiger partial charge in [-0.1, -0.05) is 23.2 Å². The van der Waals surface area contributed by atoms with Crippen molar-refractivity contribution in [1.82, 2.24) is 36.4 Å². The zero-order valence-electron chi connectivity index (χ0n) is 43.4. The van der Waals surface area contributed by atoms with Gasteiger partial charge in [-0.05, 0) is 153 Å². The maximum Gasteiger partial charge on any atom is 0.264 e. The molecule has 21 nitrogen and oxygen atoms in total. The van der Waals surface area contributed by atoms with E-state index in [1.165, 1.54) is 36.2 Å². The van der Waals surface area contributed by atoms with E-state index < -0.39 is 22.5 Å². The van der Waals surface area contributed by atoms with Crippen LogP contribution in [0.2, 0.25) is 0 Å². The zero-order valence-corrected chi connectivity index (χ0v) is 44.2. The summed E-state index contributed by atoms with van der Waals surface area (Å²) in [6, 6.07) is 12.9. The number of hydrogen-bond donors (Lipinski definition) is 9. The van der Waals surface area contributed by atoms with E-state index in [0.717, 1.165) is 30.6 Å². The van der Waals surface area contributed by atoms with E-state index >= 15 is 0 Å². The zero-order chi connectivity index (χ0) is 53.5. The Balaban J connectivity index is 1.22. The first-order chi connectivity index (χ1) is 34.9. The molecule has 23 heteroatoms. The van der Waals surface area contributed by atoms with Gasteiger partial charge in [0.15, 0.2) is 0 Å². The molecule has 73 heavy (non-hydrogen) atoms. The van der Waals surface area contributed by atoms with E-state index in [4.69, 9.17) is 23.7 Å². The van der Waals surface area contributed by atoms with Crippen LogP contribution in [0.15, 0.2) is 63.7 Å². The molecule has 0 saturated heterocycles. The van der Waals surface area contributed by atoms with Crippen molar-refractivity contribution in [3.8, 4) is 11.5 Å². The molecule has 0 radical (unpaired) electrons. The lowest BCUT2D eigenvalue weighted by Gasteiger charge is -2.38. The molecule has 410 valence electrons.